The summed E-state index contributed by atoms with van der Waals surface area (Å²) in [5, 5.41) is 1.02. The van der Waals surface area contributed by atoms with Crippen LogP contribution < -0.4 is 4.72 Å². The number of thiophene rings is 1. The van der Waals surface area contributed by atoms with Crippen LogP contribution in [0.25, 0.3) is 0 Å². The Morgan fingerprint density at radius 1 is 1.41 bits per heavy atom. The van der Waals surface area contributed by atoms with E-state index in [4.69, 9.17) is 11.6 Å². The zero-order valence-corrected chi connectivity index (χ0v) is 11.5. The molecular weight excluding hydrogens is 306 g/mol. The lowest BCUT2D eigenvalue weighted by atomic mass is 10.4. The minimum Gasteiger partial charge on any atom is -0.224 e. The van der Waals surface area contributed by atoms with E-state index in [1.807, 2.05) is 0 Å². The number of halogens is 1. The summed E-state index contributed by atoms with van der Waals surface area (Å²) in [6, 6.07) is 2.13. The van der Waals surface area contributed by atoms with Crippen LogP contribution in [-0.2, 0) is 19.9 Å². The molecule has 1 aliphatic rings. The normalized spacial score (nSPS) is 23.0. The Bertz CT molecular complexity index is 659. The van der Waals surface area contributed by atoms with Crippen molar-refractivity contribution in [1.29, 1.82) is 0 Å². The average molecular weight is 314 g/mol. The van der Waals surface area contributed by atoms with E-state index in [0.717, 1.165) is 16.7 Å². The molecule has 0 bridgehead atoms. The third-order valence-corrected chi connectivity index (χ3v) is 6.66. The SMILES string of the molecule is O=S1(=O)C=CC(NS(=O)(=O)c2ccc(Cl)s2)C1. The van der Waals surface area contributed by atoms with Crippen LogP contribution in [0, 0.1) is 0 Å². The average Bonchev–Trinajstić information content (AvgIpc) is 2.72. The standard InChI is InChI=1S/C8H8ClNO4S3/c9-7-1-2-8(15-7)17(13,14)10-6-3-4-16(11,12)5-6/h1-4,6,10H,5H2. The monoisotopic (exact) mass is 313 g/mol. The highest BCUT2D eigenvalue weighted by atomic mass is 35.5. The molecule has 0 saturated carbocycles. The summed E-state index contributed by atoms with van der Waals surface area (Å²) in [6.45, 7) is 0. The number of nitrogens with one attached hydrogen (secondary N) is 1. The fourth-order valence-corrected chi connectivity index (χ4v) is 5.38. The van der Waals surface area contributed by atoms with Gasteiger partial charge in [0.25, 0.3) is 10.0 Å². The van der Waals surface area contributed by atoms with Gasteiger partial charge in [0.1, 0.15) is 4.21 Å². The third kappa shape index (κ3) is 3.08. The van der Waals surface area contributed by atoms with Gasteiger partial charge in [-0.1, -0.05) is 17.7 Å². The molecule has 0 fully saturated rings. The van der Waals surface area contributed by atoms with E-state index in [0.29, 0.717) is 4.34 Å². The van der Waals surface area contributed by atoms with Crippen LogP contribution in [0.1, 0.15) is 0 Å². The maximum Gasteiger partial charge on any atom is 0.250 e. The van der Waals surface area contributed by atoms with Crippen LogP contribution in [0.15, 0.2) is 27.8 Å². The molecule has 1 unspecified atom stereocenters. The topological polar surface area (TPSA) is 80.3 Å². The molecule has 5 nitrogen and oxygen atoms in total. The summed E-state index contributed by atoms with van der Waals surface area (Å²) in [7, 11) is -6.98. The predicted molar refractivity (Wildman–Crippen MR) is 66.4 cm³/mol. The molecule has 0 aliphatic carbocycles. The molecule has 1 N–H and O–H groups in total. The van der Waals surface area contributed by atoms with Gasteiger partial charge in [0, 0.05) is 5.41 Å². The maximum absolute atomic E-state index is 11.8. The lowest BCUT2D eigenvalue weighted by Crippen LogP contribution is -2.35. The zero-order valence-electron chi connectivity index (χ0n) is 8.33. The molecular formula is C8H8ClNO4S3. The van der Waals surface area contributed by atoms with Gasteiger partial charge in [0.2, 0.25) is 0 Å². The van der Waals surface area contributed by atoms with Gasteiger partial charge >= 0.3 is 0 Å². The molecule has 0 saturated heterocycles. The van der Waals surface area contributed by atoms with Gasteiger partial charge in [-0.05, 0) is 12.1 Å². The summed E-state index contributed by atoms with van der Waals surface area (Å²) >= 11 is 6.56. The van der Waals surface area contributed by atoms with E-state index < -0.39 is 25.9 Å². The maximum atomic E-state index is 11.8. The van der Waals surface area contributed by atoms with Gasteiger partial charge in [-0.3, -0.25) is 0 Å². The second-order valence-corrected chi connectivity index (χ2v) is 9.03. The minimum atomic E-state index is -3.70. The predicted octanol–water partition coefficient (Wildman–Crippen LogP) is 0.991. The van der Waals surface area contributed by atoms with E-state index >= 15 is 0 Å². The van der Waals surface area contributed by atoms with Crippen molar-refractivity contribution in [2.75, 3.05) is 5.75 Å². The Morgan fingerprint density at radius 3 is 2.59 bits per heavy atom. The fraction of sp³-hybridized carbons (Fsp3) is 0.250. The van der Waals surface area contributed by atoms with Crippen molar-refractivity contribution in [3.05, 3.63) is 28.0 Å². The first-order chi connectivity index (χ1) is 7.78. The highest BCUT2D eigenvalue weighted by molar-refractivity contribution is 7.94. The van der Waals surface area contributed by atoms with Gasteiger partial charge < -0.3 is 0 Å². The summed E-state index contributed by atoms with van der Waals surface area (Å²) in [5.41, 5.74) is 0. The molecule has 0 aromatic carbocycles. The minimum absolute atomic E-state index is 0.0696. The van der Waals surface area contributed by atoms with Crippen LogP contribution >= 0.6 is 22.9 Å². The van der Waals surface area contributed by atoms with Crippen LogP contribution in [0.5, 0.6) is 0 Å². The Balaban J connectivity index is 2.18. The molecule has 1 aromatic heterocycles. The molecule has 1 aromatic rings. The third-order valence-electron chi connectivity index (χ3n) is 2.05. The molecule has 0 amide bonds. The van der Waals surface area contributed by atoms with E-state index in [9.17, 15) is 16.8 Å². The summed E-state index contributed by atoms with van der Waals surface area (Å²) in [5.74, 6) is -0.245. The second kappa shape index (κ2) is 4.36. The van der Waals surface area contributed by atoms with Crippen molar-refractivity contribution in [2.24, 2.45) is 0 Å². The molecule has 17 heavy (non-hydrogen) atoms. The number of sulfone groups is 1. The summed E-state index contributed by atoms with van der Waals surface area (Å²) in [4.78, 5) is 0. The molecule has 1 atom stereocenters. The van der Waals surface area contributed by atoms with E-state index in [1.165, 1.54) is 18.2 Å². The van der Waals surface area contributed by atoms with E-state index in [-0.39, 0.29) is 9.96 Å². The molecule has 9 heteroatoms. The molecule has 1 aliphatic heterocycles. The zero-order chi connectivity index (χ0) is 12.7. The van der Waals surface area contributed by atoms with Crippen molar-refractivity contribution in [2.45, 2.75) is 10.3 Å². The second-order valence-electron chi connectivity index (χ2n) is 3.44. The van der Waals surface area contributed by atoms with Gasteiger partial charge in [-0.25, -0.2) is 21.6 Å². The van der Waals surface area contributed by atoms with Gasteiger partial charge in [0.15, 0.2) is 9.84 Å². The van der Waals surface area contributed by atoms with Gasteiger partial charge in [-0.2, -0.15) is 0 Å². The molecule has 0 radical (unpaired) electrons. The van der Waals surface area contributed by atoms with E-state index in [2.05, 4.69) is 4.72 Å². The largest absolute Gasteiger partial charge is 0.250 e. The van der Waals surface area contributed by atoms with Crippen LogP contribution in [0.4, 0.5) is 0 Å². The van der Waals surface area contributed by atoms with E-state index in [1.54, 1.807) is 0 Å². The summed E-state index contributed by atoms with van der Waals surface area (Å²) < 4.78 is 48.6. The Kier molecular flexibility index (Phi) is 3.34. The Morgan fingerprint density at radius 2 is 2.12 bits per heavy atom. The van der Waals surface area contributed by atoms with Crippen LogP contribution in [-0.4, -0.2) is 28.6 Å². The first-order valence-electron chi connectivity index (χ1n) is 4.47. The molecule has 0 spiro atoms. The Hall–Kier alpha value is -0.410. The van der Waals surface area contributed by atoms with Crippen molar-refractivity contribution in [3.8, 4) is 0 Å². The number of hydrogen-bond donors (Lipinski definition) is 1. The number of sulfonamides is 1. The van der Waals surface area contributed by atoms with Crippen molar-refractivity contribution < 1.29 is 16.8 Å². The van der Waals surface area contributed by atoms with Gasteiger partial charge in [-0.15, -0.1) is 11.3 Å². The smallest absolute Gasteiger partial charge is 0.224 e. The van der Waals surface area contributed by atoms with Crippen molar-refractivity contribution in [3.63, 3.8) is 0 Å². The highest BCUT2D eigenvalue weighted by Crippen LogP contribution is 2.25. The number of hydrogen-bond acceptors (Lipinski definition) is 5. The molecule has 2 rings (SSSR count). The number of rotatable bonds is 3. The highest BCUT2D eigenvalue weighted by Gasteiger charge is 2.27. The van der Waals surface area contributed by atoms with Crippen molar-refractivity contribution >= 4 is 42.8 Å². The van der Waals surface area contributed by atoms with Crippen molar-refractivity contribution in [1.82, 2.24) is 4.72 Å². The van der Waals surface area contributed by atoms with Crippen LogP contribution in [0.2, 0.25) is 4.34 Å². The van der Waals surface area contributed by atoms with Crippen LogP contribution in [0.3, 0.4) is 0 Å². The fourth-order valence-electron chi connectivity index (χ4n) is 1.35. The quantitative estimate of drug-likeness (QED) is 0.902. The molecule has 2 heterocycles. The summed E-state index contributed by atoms with van der Waals surface area (Å²) in [6.07, 6.45) is 1.32. The Labute approximate surface area is 108 Å². The lowest BCUT2D eigenvalue weighted by molar-refractivity contribution is 0.577. The van der Waals surface area contributed by atoms with Gasteiger partial charge in [0.05, 0.1) is 16.1 Å². The first kappa shape index (κ1) is 13.0. The molecule has 94 valence electrons. The first-order valence-corrected chi connectivity index (χ1v) is 8.86. The lowest BCUT2D eigenvalue weighted by Gasteiger charge is -2.08.